The van der Waals surface area contributed by atoms with Gasteiger partial charge in [-0.2, -0.15) is 13.2 Å². The molecule has 0 heterocycles. The van der Waals surface area contributed by atoms with Crippen molar-refractivity contribution in [1.29, 1.82) is 0 Å². The zero-order valence-electron chi connectivity index (χ0n) is 23.3. The Kier molecular flexibility index (Phi) is 5.86. The van der Waals surface area contributed by atoms with Gasteiger partial charge in [-0.15, -0.1) is 12.3 Å². The Balaban J connectivity index is 1.45. The van der Waals surface area contributed by atoms with Crippen LogP contribution in [0.15, 0.2) is 0 Å². The van der Waals surface area contributed by atoms with Crippen LogP contribution in [-0.4, -0.2) is 24.0 Å². The molecule has 10 atom stereocenters. The van der Waals surface area contributed by atoms with Crippen molar-refractivity contribution in [3.05, 3.63) is 0 Å². The highest BCUT2D eigenvalue weighted by Crippen LogP contribution is 2.91. The van der Waals surface area contributed by atoms with E-state index < -0.39 is 24.3 Å². The molecule has 0 unspecified atom stereocenters. The van der Waals surface area contributed by atoms with Crippen LogP contribution >= 0.6 is 0 Å². The maximum atomic E-state index is 13.1. The fourth-order valence-electron chi connectivity index (χ4n) is 11.8. The molecule has 0 bridgehead atoms. The summed E-state index contributed by atoms with van der Waals surface area (Å²) in [6.45, 7) is 13.2. The second kappa shape index (κ2) is 8.01. The maximum absolute atomic E-state index is 13.1. The van der Waals surface area contributed by atoms with E-state index in [9.17, 15) is 22.8 Å². The highest BCUT2D eigenvalue weighted by Gasteiger charge is 2.86. The van der Waals surface area contributed by atoms with Crippen LogP contribution < -0.4 is 0 Å². The summed E-state index contributed by atoms with van der Waals surface area (Å²) >= 11 is 0. The molecule has 0 radical (unpaired) electrons. The Morgan fingerprint density at radius 3 is 2.16 bits per heavy atom. The van der Waals surface area contributed by atoms with E-state index in [0.717, 1.165) is 51.4 Å². The van der Waals surface area contributed by atoms with Crippen LogP contribution in [0, 0.1) is 69.0 Å². The Labute approximate surface area is 220 Å². The summed E-state index contributed by atoms with van der Waals surface area (Å²) in [6.07, 6.45) is 8.32. The van der Waals surface area contributed by atoms with Crippen molar-refractivity contribution in [1.82, 2.24) is 0 Å². The molecule has 5 saturated carbocycles. The monoisotopic (exact) mass is 520 g/mol. The third-order valence-corrected chi connectivity index (χ3v) is 13.5. The number of Topliss-reactive ketones (excluding diaryl/α,β-unsaturated/α-hetero) is 1. The molecule has 0 aromatic rings. The molecule has 5 aliphatic carbocycles. The van der Waals surface area contributed by atoms with Gasteiger partial charge in [0.2, 0.25) is 5.78 Å². The molecule has 2 spiro atoms. The number of rotatable bonds is 4. The number of terminal acetylenes is 1. The topological polar surface area (TPSA) is 43.4 Å². The summed E-state index contributed by atoms with van der Waals surface area (Å²) in [5.74, 6) is 1.60. The molecule has 206 valence electrons. The summed E-state index contributed by atoms with van der Waals surface area (Å²) in [5.41, 5.74) is 0.221. The fourth-order valence-corrected chi connectivity index (χ4v) is 11.8. The fraction of sp³-hybridized carbons (Fsp3) is 0.871. The van der Waals surface area contributed by atoms with E-state index in [0.29, 0.717) is 17.8 Å². The number of fused-ring (bicyclic) bond motifs is 2. The van der Waals surface area contributed by atoms with E-state index in [2.05, 4.69) is 40.5 Å². The number of esters is 1. The minimum Gasteiger partial charge on any atom is -0.462 e. The van der Waals surface area contributed by atoms with Crippen molar-refractivity contribution >= 4 is 11.8 Å². The molecule has 5 aliphatic rings. The van der Waals surface area contributed by atoms with Gasteiger partial charge in [-0.3, -0.25) is 9.59 Å². The number of halogens is 3. The predicted octanol–water partition coefficient (Wildman–Crippen LogP) is 7.37. The minimum absolute atomic E-state index is 0.00803. The number of carbonyl (C=O) groups is 2. The molecule has 5 rings (SSSR count). The molecule has 0 amide bonds. The van der Waals surface area contributed by atoms with E-state index in [-0.39, 0.29) is 45.1 Å². The lowest BCUT2D eigenvalue weighted by Gasteiger charge is -2.63. The van der Waals surface area contributed by atoms with Gasteiger partial charge in [0.25, 0.3) is 0 Å². The van der Waals surface area contributed by atoms with Crippen molar-refractivity contribution in [3.8, 4) is 12.3 Å². The molecule has 0 aromatic carbocycles. The summed E-state index contributed by atoms with van der Waals surface area (Å²) < 4.78 is 45.2. The van der Waals surface area contributed by atoms with Crippen LogP contribution in [0.25, 0.3) is 0 Å². The zero-order valence-corrected chi connectivity index (χ0v) is 23.3. The second-order valence-corrected chi connectivity index (χ2v) is 14.3. The number of ether oxygens (including phenoxy) is 1. The number of alkyl halides is 3. The van der Waals surface area contributed by atoms with E-state index in [1.165, 1.54) is 6.92 Å². The standard InChI is InChI=1S/C31H43F3O3/c1-8-20(17-24(36)31(32,33)34)21-11-13-28(7)23-10-9-22-26(4,5)25(37-19(3)35)12-14-29(22)18(2)30(23,29)16-15-27(21,28)6/h1,18,20-23,25H,9-17H2,2-7H3/t18-,20-,21-,22+,23+,25+,27-,28+,29-,30+/m1/s1. The summed E-state index contributed by atoms with van der Waals surface area (Å²) in [5, 5.41) is 0. The smallest absolute Gasteiger partial charge is 0.450 e. The Morgan fingerprint density at radius 2 is 1.57 bits per heavy atom. The Morgan fingerprint density at radius 1 is 0.946 bits per heavy atom. The highest BCUT2D eigenvalue weighted by atomic mass is 19.4. The van der Waals surface area contributed by atoms with Crippen molar-refractivity contribution in [2.75, 3.05) is 0 Å². The van der Waals surface area contributed by atoms with Gasteiger partial charge in [-0.25, -0.2) is 0 Å². The van der Waals surface area contributed by atoms with Gasteiger partial charge in [0.05, 0.1) is 0 Å². The molecule has 37 heavy (non-hydrogen) atoms. The van der Waals surface area contributed by atoms with Crippen LogP contribution in [0.5, 0.6) is 0 Å². The van der Waals surface area contributed by atoms with Gasteiger partial charge < -0.3 is 4.74 Å². The number of hydrogen-bond donors (Lipinski definition) is 0. The van der Waals surface area contributed by atoms with Crippen molar-refractivity contribution in [3.63, 3.8) is 0 Å². The van der Waals surface area contributed by atoms with Crippen molar-refractivity contribution in [2.45, 2.75) is 112 Å². The molecule has 6 heteroatoms. The summed E-state index contributed by atoms with van der Waals surface area (Å²) in [7, 11) is 0. The van der Waals surface area contributed by atoms with Crippen LogP contribution in [0.4, 0.5) is 13.2 Å². The van der Waals surface area contributed by atoms with E-state index in [1.807, 2.05) is 0 Å². The van der Waals surface area contributed by atoms with E-state index in [1.54, 1.807) is 0 Å². The SMILES string of the molecule is C#C[C@H](CC(=O)C(F)(F)F)[C@H]1CC[C@@]2(C)[C@@H]3CC[C@H]4C(C)(C)[C@@H](OC(C)=O)CC[C@@]45[C@@H](C)[C@@]35CC[C@]12C. The molecule has 0 aliphatic heterocycles. The first-order valence-electron chi connectivity index (χ1n) is 14.3. The van der Waals surface area contributed by atoms with Gasteiger partial charge in [-0.05, 0) is 96.7 Å². The van der Waals surface area contributed by atoms with Crippen LogP contribution in [0.1, 0.15) is 99.3 Å². The first-order valence-corrected chi connectivity index (χ1v) is 14.3. The third kappa shape index (κ3) is 3.21. The average Bonchev–Trinajstić information content (AvgIpc) is 3.20. The summed E-state index contributed by atoms with van der Waals surface area (Å²) in [4.78, 5) is 23.8. The van der Waals surface area contributed by atoms with Crippen molar-refractivity contribution < 1.29 is 27.5 Å². The minimum atomic E-state index is -4.83. The van der Waals surface area contributed by atoms with E-state index in [4.69, 9.17) is 11.2 Å². The molecule has 3 nitrogen and oxygen atoms in total. The van der Waals surface area contributed by atoms with Gasteiger partial charge >= 0.3 is 12.1 Å². The van der Waals surface area contributed by atoms with E-state index >= 15 is 0 Å². The Hall–Kier alpha value is -1.51. The molecule has 0 N–H and O–H groups in total. The predicted molar refractivity (Wildman–Crippen MR) is 135 cm³/mol. The summed E-state index contributed by atoms with van der Waals surface area (Å²) in [6, 6.07) is 0. The first kappa shape index (κ1) is 27.1. The van der Waals surface area contributed by atoms with Crippen LogP contribution in [0.2, 0.25) is 0 Å². The van der Waals surface area contributed by atoms with Gasteiger partial charge in [0.1, 0.15) is 6.10 Å². The van der Waals surface area contributed by atoms with Gasteiger partial charge in [0.15, 0.2) is 0 Å². The number of hydrogen-bond acceptors (Lipinski definition) is 3. The molecule has 0 aromatic heterocycles. The lowest BCUT2D eigenvalue weighted by molar-refractivity contribution is -0.182. The molecule has 0 saturated heterocycles. The largest absolute Gasteiger partial charge is 0.462 e. The number of ketones is 1. The lowest BCUT2D eigenvalue weighted by atomic mass is 9.41. The van der Waals surface area contributed by atoms with Crippen LogP contribution in [0.3, 0.4) is 0 Å². The Bertz CT molecular complexity index is 1040. The first-order chi connectivity index (χ1) is 17.0. The van der Waals surface area contributed by atoms with Gasteiger partial charge in [0, 0.05) is 24.7 Å². The lowest BCUT2D eigenvalue weighted by Crippen LogP contribution is -2.58. The highest BCUT2D eigenvalue weighted by molar-refractivity contribution is 5.84. The quantitative estimate of drug-likeness (QED) is 0.287. The third-order valence-electron chi connectivity index (χ3n) is 13.5. The molecular formula is C31H43F3O3. The number of carbonyl (C=O) groups excluding carboxylic acids is 2. The zero-order chi connectivity index (χ0) is 27.4. The van der Waals surface area contributed by atoms with Crippen LogP contribution in [-0.2, 0) is 14.3 Å². The maximum Gasteiger partial charge on any atom is 0.450 e. The molecule has 5 fully saturated rings. The van der Waals surface area contributed by atoms with Gasteiger partial charge in [-0.1, -0.05) is 34.6 Å². The molecular weight excluding hydrogens is 477 g/mol. The second-order valence-electron chi connectivity index (χ2n) is 14.3. The normalized spacial score (nSPS) is 48.4. The average molecular weight is 521 g/mol. The van der Waals surface area contributed by atoms with Crippen molar-refractivity contribution in [2.24, 2.45) is 56.7 Å².